The number of rotatable bonds is 7. The van der Waals surface area contributed by atoms with Crippen molar-refractivity contribution < 1.29 is 18.8 Å². The first kappa shape index (κ1) is 22.8. The average molecular weight is 451 g/mol. The van der Waals surface area contributed by atoms with Crippen molar-refractivity contribution in [2.45, 2.75) is 33.2 Å². The summed E-state index contributed by atoms with van der Waals surface area (Å²) < 4.78 is 16.1. The van der Waals surface area contributed by atoms with Crippen LogP contribution in [-0.4, -0.2) is 48.3 Å². The summed E-state index contributed by atoms with van der Waals surface area (Å²) in [6, 6.07) is 11.6. The molecule has 1 aromatic heterocycles. The van der Waals surface area contributed by atoms with Crippen LogP contribution in [0.3, 0.4) is 0 Å². The van der Waals surface area contributed by atoms with Crippen molar-refractivity contribution in [1.82, 2.24) is 15.0 Å². The normalized spacial score (nSPS) is 16.4. The van der Waals surface area contributed by atoms with E-state index in [2.05, 4.69) is 26.4 Å². The number of methoxy groups -OCH3 is 2. The first-order valence-electron chi connectivity index (χ1n) is 11.1. The second kappa shape index (κ2) is 10.0. The van der Waals surface area contributed by atoms with Crippen molar-refractivity contribution in [3.05, 3.63) is 53.4 Å². The largest absolute Gasteiger partial charge is 0.493 e. The van der Waals surface area contributed by atoms with Crippen molar-refractivity contribution in [1.29, 1.82) is 0 Å². The van der Waals surface area contributed by atoms with Crippen LogP contribution in [0.5, 0.6) is 11.5 Å². The van der Waals surface area contributed by atoms with E-state index in [1.165, 1.54) is 0 Å². The molecule has 3 aromatic rings. The SMILES string of the molecule is COc1ccc(-c2noc(CN3CCC[C@H](C(=O)Nc4cc(C)cc(C)c4)C3)n2)cc1OC. The number of aryl methyl sites for hydroxylation is 2. The van der Waals surface area contributed by atoms with E-state index in [0.717, 1.165) is 41.8 Å². The van der Waals surface area contributed by atoms with Crippen LogP contribution in [0.15, 0.2) is 40.9 Å². The summed E-state index contributed by atoms with van der Waals surface area (Å²) in [6.45, 7) is 6.12. The Morgan fingerprint density at radius 2 is 1.88 bits per heavy atom. The molecular weight excluding hydrogens is 420 g/mol. The van der Waals surface area contributed by atoms with Crippen LogP contribution in [0, 0.1) is 19.8 Å². The zero-order chi connectivity index (χ0) is 23.4. The summed E-state index contributed by atoms with van der Waals surface area (Å²) >= 11 is 0. The topological polar surface area (TPSA) is 89.7 Å². The van der Waals surface area contributed by atoms with E-state index < -0.39 is 0 Å². The van der Waals surface area contributed by atoms with Crippen molar-refractivity contribution in [3.63, 3.8) is 0 Å². The second-order valence-corrected chi connectivity index (χ2v) is 8.52. The molecule has 1 amide bonds. The summed E-state index contributed by atoms with van der Waals surface area (Å²) in [5.74, 6) is 2.25. The van der Waals surface area contributed by atoms with Crippen LogP contribution < -0.4 is 14.8 Å². The fourth-order valence-electron chi connectivity index (χ4n) is 4.31. The Kier molecular flexibility index (Phi) is 6.93. The molecule has 0 radical (unpaired) electrons. The van der Waals surface area contributed by atoms with E-state index in [-0.39, 0.29) is 11.8 Å². The number of likely N-dealkylation sites (tertiary alicyclic amines) is 1. The van der Waals surface area contributed by atoms with Gasteiger partial charge in [0.2, 0.25) is 17.6 Å². The average Bonchev–Trinajstić information content (AvgIpc) is 3.26. The third-order valence-corrected chi connectivity index (χ3v) is 5.83. The molecule has 33 heavy (non-hydrogen) atoms. The fourth-order valence-corrected chi connectivity index (χ4v) is 4.31. The summed E-state index contributed by atoms with van der Waals surface area (Å²) in [7, 11) is 3.18. The molecule has 0 saturated carbocycles. The predicted octanol–water partition coefficient (Wildman–Crippen LogP) is 4.22. The predicted molar refractivity (Wildman–Crippen MR) is 125 cm³/mol. The number of hydrogen-bond acceptors (Lipinski definition) is 7. The molecule has 2 aromatic carbocycles. The Bertz CT molecular complexity index is 1110. The third kappa shape index (κ3) is 5.51. The van der Waals surface area contributed by atoms with E-state index in [1.807, 2.05) is 44.2 Å². The smallest absolute Gasteiger partial charge is 0.241 e. The van der Waals surface area contributed by atoms with Crippen molar-refractivity contribution in [2.75, 3.05) is 32.6 Å². The second-order valence-electron chi connectivity index (χ2n) is 8.52. The highest BCUT2D eigenvalue weighted by Crippen LogP contribution is 2.31. The van der Waals surface area contributed by atoms with Gasteiger partial charge >= 0.3 is 0 Å². The van der Waals surface area contributed by atoms with E-state index >= 15 is 0 Å². The molecule has 2 heterocycles. The molecule has 0 bridgehead atoms. The van der Waals surface area contributed by atoms with E-state index in [0.29, 0.717) is 36.3 Å². The Hall–Kier alpha value is -3.39. The molecule has 1 aliphatic rings. The number of hydrogen-bond donors (Lipinski definition) is 1. The van der Waals surface area contributed by atoms with Crippen LogP contribution in [0.4, 0.5) is 5.69 Å². The van der Waals surface area contributed by atoms with Gasteiger partial charge in [0.15, 0.2) is 11.5 Å². The van der Waals surface area contributed by atoms with Gasteiger partial charge in [0, 0.05) is 17.8 Å². The first-order valence-corrected chi connectivity index (χ1v) is 11.1. The highest BCUT2D eigenvalue weighted by Gasteiger charge is 2.27. The number of amides is 1. The Morgan fingerprint density at radius 3 is 2.61 bits per heavy atom. The maximum Gasteiger partial charge on any atom is 0.241 e. The molecule has 1 fully saturated rings. The Morgan fingerprint density at radius 1 is 1.12 bits per heavy atom. The van der Waals surface area contributed by atoms with Gasteiger partial charge in [0.1, 0.15) is 0 Å². The minimum Gasteiger partial charge on any atom is -0.493 e. The molecule has 8 nitrogen and oxygen atoms in total. The molecule has 8 heteroatoms. The summed E-state index contributed by atoms with van der Waals surface area (Å²) in [5, 5.41) is 7.21. The number of nitrogens with zero attached hydrogens (tertiary/aromatic N) is 3. The van der Waals surface area contributed by atoms with Gasteiger partial charge < -0.3 is 19.3 Å². The lowest BCUT2D eigenvalue weighted by molar-refractivity contribution is -0.121. The number of piperidine rings is 1. The van der Waals surface area contributed by atoms with Gasteiger partial charge in [-0.15, -0.1) is 0 Å². The van der Waals surface area contributed by atoms with Crippen LogP contribution in [0.25, 0.3) is 11.4 Å². The lowest BCUT2D eigenvalue weighted by atomic mass is 9.97. The number of aromatic nitrogens is 2. The van der Waals surface area contributed by atoms with Gasteiger partial charge in [-0.05, 0) is 74.7 Å². The van der Waals surface area contributed by atoms with Crippen molar-refractivity contribution in [2.24, 2.45) is 5.92 Å². The van der Waals surface area contributed by atoms with Gasteiger partial charge in [-0.25, -0.2) is 0 Å². The maximum atomic E-state index is 12.9. The molecule has 1 aliphatic heterocycles. The van der Waals surface area contributed by atoms with Crippen LogP contribution >= 0.6 is 0 Å². The molecule has 174 valence electrons. The highest BCUT2D eigenvalue weighted by molar-refractivity contribution is 5.93. The zero-order valence-corrected chi connectivity index (χ0v) is 19.6. The van der Waals surface area contributed by atoms with Gasteiger partial charge in [-0.2, -0.15) is 4.98 Å². The number of carbonyl (C=O) groups excluding carboxylic acids is 1. The van der Waals surface area contributed by atoms with Crippen molar-refractivity contribution in [3.8, 4) is 22.9 Å². The Balaban J connectivity index is 1.39. The minimum atomic E-state index is -0.0761. The molecule has 1 saturated heterocycles. The third-order valence-electron chi connectivity index (χ3n) is 5.83. The summed E-state index contributed by atoms with van der Waals surface area (Å²) in [6.07, 6.45) is 1.81. The number of anilines is 1. The van der Waals surface area contributed by atoms with Gasteiger partial charge in [-0.1, -0.05) is 11.2 Å². The lowest BCUT2D eigenvalue weighted by Gasteiger charge is -2.30. The molecule has 0 aliphatic carbocycles. The monoisotopic (exact) mass is 450 g/mol. The number of benzene rings is 2. The van der Waals surface area contributed by atoms with Crippen LogP contribution in [0.2, 0.25) is 0 Å². The van der Waals surface area contributed by atoms with Crippen LogP contribution in [0.1, 0.15) is 29.9 Å². The quantitative estimate of drug-likeness (QED) is 0.576. The number of ether oxygens (including phenoxy) is 2. The summed E-state index contributed by atoms with van der Waals surface area (Å²) in [5.41, 5.74) is 3.91. The zero-order valence-electron chi connectivity index (χ0n) is 19.6. The maximum absolute atomic E-state index is 12.9. The molecule has 0 unspecified atom stereocenters. The van der Waals surface area contributed by atoms with E-state index in [4.69, 9.17) is 14.0 Å². The van der Waals surface area contributed by atoms with Gasteiger partial charge in [-0.3, -0.25) is 9.69 Å². The molecule has 1 atom stereocenters. The molecule has 4 rings (SSSR count). The van der Waals surface area contributed by atoms with Crippen molar-refractivity contribution >= 4 is 11.6 Å². The van der Waals surface area contributed by atoms with Crippen LogP contribution in [-0.2, 0) is 11.3 Å². The highest BCUT2D eigenvalue weighted by atomic mass is 16.5. The van der Waals surface area contributed by atoms with E-state index in [9.17, 15) is 4.79 Å². The number of nitrogens with one attached hydrogen (secondary N) is 1. The Labute approximate surface area is 193 Å². The fraction of sp³-hybridized carbons (Fsp3) is 0.400. The first-order chi connectivity index (χ1) is 15.9. The molecular formula is C25H30N4O4. The minimum absolute atomic E-state index is 0.0567. The summed E-state index contributed by atoms with van der Waals surface area (Å²) in [4.78, 5) is 19.6. The standard InChI is InChI=1S/C25H30N4O4/c1-16-10-17(2)12-20(11-16)26-25(30)19-6-5-9-29(14-19)15-23-27-24(28-33-23)18-7-8-21(31-3)22(13-18)32-4/h7-8,10-13,19H,5-6,9,14-15H2,1-4H3,(H,26,30)/t19-/m0/s1. The lowest BCUT2D eigenvalue weighted by Crippen LogP contribution is -2.40. The molecule has 0 spiro atoms. The van der Waals surface area contributed by atoms with Gasteiger partial charge in [0.25, 0.3) is 0 Å². The van der Waals surface area contributed by atoms with E-state index in [1.54, 1.807) is 14.2 Å². The number of carbonyl (C=O) groups is 1. The molecule has 1 N–H and O–H groups in total. The van der Waals surface area contributed by atoms with Gasteiger partial charge in [0.05, 0.1) is 26.7 Å².